The zero-order valence-electron chi connectivity index (χ0n) is 12.5. The average Bonchev–Trinajstić information content (AvgIpc) is 2.97. The van der Waals surface area contributed by atoms with Crippen LogP contribution in [0.1, 0.15) is 48.3 Å². The van der Waals surface area contributed by atoms with E-state index in [1.54, 1.807) is 0 Å². The van der Waals surface area contributed by atoms with Gasteiger partial charge in [0.25, 0.3) is 11.5 Å². The lowest BCUT2D eigenvalue weighted by atomic mass is 10.0. The number of amides is 1. The van der Waals surface area contributed by atoms with Crippen LogP contribution in [0.2, 0.25) is 0 Å². The third kappa shape index (κ3) is 4.04. The summed E-state index contributed by atoms with van der Waals surface area (Å²) in [4.78, 5) is 24.2. The topological polar surface area (TPSA) is 86.9 Å². The van der Waals surface area contributed by atoms with Crippen molar-refractivity contribution in [3.63, 3.8) is 0 Å². The van der Waals surface area contributed by atoms with Crippen molar-refractivity contribution < 1.29 is 4.79 Å². The van der Waals surface area contributed by atoms with E-state index >= 15 is 0 Å². The maximum absolute atomic E-state index is 12.3. The first-order valence-corrected chi connectivity index (χ1v) is 7.29. The molecule has 1 aliphatic rings. The second kappa shape index (κ2) is 8.14. The molecule has 1 amide bonds. The van der Waals surface area contributed by atoms with Gasteiger partial charge in [-0.2, -0.15) is 5.10 Å². The summed E-state index contributed by atoms with van der Waals surface area (Å²) in [6, 6.07) is 0.315. The van der Waals surface area contributed by atoms with E-state index in [-0.39, 0.29) is 23.9 Å². The van der Waals surface area contributed by atoms with Crippen molar-refractivity contribution in [2.24, 2.45) is 0 Å². The van der Waals surface area contributed by atoms with E-state index in [2.05, 4.69) is 20.8 Å². The molecule has 7 heteroatoms. The van der Waals surface area contributed by atoms with Crippen molar-refractivity contribution in [3.05, 3.63) is 27.2 Å². The van der Waals surface area contributed by atoms with Crippen LogP contribution in [0.3, 0.4) is 0 Å². The minimum absolute atomic E-state index is 0. The maximum atomic E-state index is 12.3. The van der Waals surface area contributed by atoms with E-state index in [1.165, 1.54) is 0 Å². The Hall–Kier alpha value is -1.40. The minimum Gasteiger partial charge on any atom is -0.350 e. The summed E-state index contributed by atoms with van der Waals surface area (Å²) in [6.45, 7) is 5.46. The van der Waals surface area contributed by atoms with Gasteiger partial charge >= 0.3 is 0 Å². The number of nitrogens with zero attached hydrogens (tertiary/aromatic N) is 1. The number of carbonyl (C=O) groups excluding carboxylic acids is 1. The smallest absolute Gasteiger partial charge is 0.277 e. The van der Waals surface area contributed by atoms with Gasteiger partial charge in [-0.05, 0) is 37.8 Å². The van der Waals surface area contributed by atoms with Crippen LogP contribution >= 0.6 is 12.4 Å². The number of H-pyrrole nitrogens is 1. The van der Waals surface area contributed by atoms with E-state index in [1.807, 2.05) is 13.8 Å². The molecule has 1 aliphatic heterocycles. The van der Waals surface area contributed by atoms with Crippen molar-refractivity contribution in [2.75, 3.05) is 13.1 Å². The van der Waals surface area contributed by atoms with Crippen molar-refractivity contribution in [3.8, 4) is 0 Å². The standard InChI is InChI=1S/C14H22N4O2.ClH/c1-3-10-11(4-2)17-18-14(20)12(10)13(19)16-8-9-6-5-7-15-9;/h9,15H,3-8H2,1-2H3,(H,16,19)(H,18,20);1H. The molecule has 3 N–H and O–H groups in total. The van der Waals surface area contributed by atoms with Crippen molar-refractivity contribution in [1.82, 2.24) is 20.8 Å². The Balaban J connectivity index is 0.00000220. The van der Waals surface area contributed by atoms with Crippen LogP contribution in [0.5, 0.6) is 0 Å². The zero-order chi connectivity index (χ0) is 14.5. The summed E-state index contributed by atoms with van der Waals surface area (Å²) in [6.07, 6.45) is 3.53. The van der Waals surface area contributed by atoms with Gasteiger partial charge in [0.1, 0.15) is 5.56 Å². The van der Waals surface area contributed by atoms with Crippen LogP contribution in [0.25, 0.3) is 0 Å². The van der Waals surface area contributed by atoms with Gasteiger partial charge in [-0.1, -0.05) is 13.8 Å². The highest BCUT2D eigenvalue weighted by atomic mass is 35.5. The number of hydrogen-bond donors (Lipinski definition) is 3. The highest BCUT2D eigenvalue weighted by Gasteiger charge is 2.20. The number of carbonyl (C=O) groups is 1. The number of hydrogen-bond acceptors (Lipinski definition) is 4. The Morgan fingerprint density at radius 1 is 1.38 bits per heavy atom. The summed E-state index contributed by atoms with van der Waals surface area (Å²) < 4.78 is 0. The largest absolute Gasteiger partial charge is 0.350 e. The van der Waals surface area contributed by atoms with E-state index < -0.39 is 5.56 Å². The van der Waals surface area contributed by atoms with Crippen LogP contribution in [0, 0.1) is 0 Å². The van der Waals surface area contributed by atoms with Crippen LogP contribution in [0.4, 0.5) is 0 Å². The minimum atomic E-state index is -0.407. The molecule has 2 heterocycles. The first-order valence-electron chi connectivity index (χ1n) is 7.29. The predicted molar refractivity (Wildman–Crippen MR) is 84.2 cm³/mol. The predicted octanol–water partition coefficient (Wildman–Crippen LogP) is 0.798. The second-order valence-corrected chi connectivity index (χ2v) is 5.06. The summed E-state index contributed by atoms with van der Waals surface area (Å²) in [7, 11) is 0. The van der Waals surface area contributed by atoms with Gasteiger partial charge in [0.15, 0.2) is 0 Å². The van der Waals surface area contributed by atoms with Crippen molar-refractivity contribution >= 4 is 18.3 Å². The van der Waals surface area contributed by atoms with E-state index in [0.29, 0.717) is 25.4 Å². The molecule has 0 aromatic carbocycles. The molecule has 2 rings (SSSR count). The molecule has 118 valence electrons. The third-order valence-corrected chi connectivity index (χ3v) is 3.76. The molecule has 6 nitrogen and oxygen atoms in total. The van der Waals surface area contributed by atoms with Gasteiger partial charge in [-0.15, -0.1) is 12.4 Å². The lowest BCUT2D eigenvalue weighted by Gasteiger charge is -2.13. The molecule has 0 bridgehead atoms. The van der Waals surface area contributed by atoms with Gasteiger partial charge in [0.05, 0.1) is 5.69 Å². The maximum Gasteiger partial charge on any atom is 0.277 e. The molecule has 21 heavy (non-hydrogen) atoms. The highest BCUT2D eigenvalue weighted by molar-refractivity contribution is 5.95. The van der Waals surface area contributed by atoms with Crippen molar-refractivity contribution in [2.45, 2.75) is 45.6 Å². The Bertz CT molecular complexity index is 538. The first-order chi connectivity index (χ1) is 9.67. The van der Waals surface area contributed by atoms with Gasteiger partial charge < -0.3 is 10.6 Å². The Morgan fingerprint density at radius 2 is 2.14 bits per heavy atom. The second-order valence-electron chi connectivity index (χ2n) is 5.06. The molecule has 1 unspecified atom stereocenters. The fourth-order valence-electron chi connectivity index (χ4n) is 2.67. The molecule has 0 radical (unpaired) electrons. The normalized spacial score (nSPS) is 17.3. The number of aryl methyl sites for hydroxylation is 1. The lowest BCUT2D eigenvalue weighted by Crippen LogP contribution is -2.40. The molecule has 1 atom stereocenters. The third-order valence-electron chi connectivity index (χ3n) is 3.76. The number of rotatable bonds is 5. The quantitative estimate of drug-likeness (QED) is 0.750. The van der Waals surface area contributed by atoms with Gasteiger partial charge in [-0.25, -0.2) is 5.10 Å². The zero-order valence-corrected chi connectivity index (χ0v) is 13.3. The molecule has 0 aliphatic carbocycles. The lowest BCUT2D eigenvalue weighted by molar-refractivity contribution is 0.0947. The SMILES string of the molecule is CCc1n[nH]c(=O)c(C(=O)NCC2CCCN2)c1CC.Cl. The van der Waals surface area contributed by atoms with Crippen LogP contribution in [-0.4, -0.2) is 35.2 Å². The summed E-state index contributed by atoms with van der Waals surface area (Å²) >= 11 is 0. The summed E-state index contributed by atoms with van der Waals surface area (Å²) in [5.41, 5.74) is 1.36. The highest BCUT2D eigenvalue weighted by Crippen LogP contribution is 2.10. The molecule has 1 aromatic heterocycles. The Morgan fingerprint density at radius 3 is 2.71 bits per heavy atom. The number of nitrogens with one attached hydrogen (secondary N) is 3. The molecule has 0 spiro atoms. The summed E-state index contributed by atoms with van der Waals surface area (Å²) in [5.74, 6) is -0.297. The monoisotopic (exact) mass is 314 g/mol. The first kappa shape index (κ1) is 17.7. The van der Waals surface area contributed by atoms with E-state index in [0.717, 1.165) is 30.6 Å². The summed E-state index contributed by atoms with van der Waals surface area (Å²) in [5, 5.41) is 12.6. The average molecular weight is 315 g/mol. The fraction of sp³-hybridized carbons (Fsp3) is 0.643. The Kier molecular flexibility index (Phi) is 6.84. The van der Waals surface area contributed by atoms with Crippen LogP contribution in [0.15, 0.2) is 4.79 Å². The molecule has 1 saturated heterocycles. The van der Waals surface area contributed by atoms with Gasteiger partial charge in [0, 0.05) is 12.6 Å². The molecule has 1 fully saturated rings. The number of aromatic nitrogens is 2. The fourth-order valence-corrected chi connectivity index (χ4v) is 2.67. The Labute approximate surface area is 130 Å². The van der Waals surface area contributed by atoms with Crippen LogP contribution in [-0.2, 0) is 12.8 Å². The van der Waals surface area contributed by atoms with Gasteiger partial charge in [-0.3, -0.25) is 9.59 Å². The van der Waals surface area contributed by atoms with Crippen LogP contribution < -0.4 is 16.2 Å². The number of halogens is 1. The molecular formula is C14H23ClN4O2. The molecule has 1 aromatic rings. The molecule has 0 saturated carbocycles. The van der Waals surface area contributed by atoms with E-state index in [4.69, 9.17) is 0 Å². The van der Waals surface area contributed by atoms with Gasteiger partial charge in [0.2, 0.25) is 0 Å². The van der Waals surface area contributed by atoms with Crippen molar-refractivity contribution in [1.29, 1.82) is 0 Å². The number of aromatic amines is 1. The molecular weight excluding hydrogens is 292 g/mol. The van der Waals surface area contributed by atoms with E-state index in [9.17, 15) is 9.59 Å².